The number of hydrogen-bond donors (Lipinski definition) is 2. The van der Waals surface area contributed by atoms with Gasteiger partial charge in [0.25, 0.3) is 5.91 Å². The Bertz CT molecular complexity index is 646. The molecule has 0 radical (unpaired) electrons. The lowest BCUT2D eigenvalue weighted by atomic mass is 9.92. The van der Waals surface area contributed by atoms with Gasteiger partial charge >= 0.3 is 0 Å². The summed E-state index contributed by atoms with van der Waals surface area (Å²) in [4.78, 5) is 22.4. The molecule has 22 heavy (non-hydrogen) atoms. The summed E-state index contributed by atoms with van der Waals surface area (Å²) in [5.41, 5.74) is -1.16. The summed E-state index contributed by atoms with van der Waals surface area (Å²) in [5.74, 6) is -0.792. The molecule has 2 N–H and O–H groups in total. The number of nitrogens with zero attached hydrogens (tertiary/aromatic N) is 1. The van der Waals surface area contributed by atoms with E-state index in [1.807, 2.05) is 30.3 Å². The van der Waals surface area contributed by atoms with Gasteiger partial charge < -0.3 is 10.4 Å². The quantitative estimate of drug-likeness (QED) is 0.624. The fourth-order valence-corrected chi connectivity index (χ4v) is 2.12. The highest BCUT2D eigenvalue weighted by molar-refractivity contribution is 5.86. The number of hydrogen-bond acceptors (Lipinski definition) is 4. The van der Waals surface area contributed by atoms with Crippen molar-refractivity contribution in [2.45, 2.75) is 12.1 Å². The molecule has 0 saturated carbocycles. The molecule has 1 atom stereocenters. The van der Waals surface area contributed by atoms with Gasteiger partial charge in [-0.3, -0.25) is 14.9 Å². The maximum atomic E-state index is 12.3. The van der Waals surface area contributed by atoms with Crippen molar-refractivity contribution in [2.24, 2.45) is 0 Å². The van der Waals surface area contributed by atoms with E-state index >= 15 is 0 Å². The number of nitro groups is 1. The van der Waals surface area contributed by atoms with Crippen LogP contribution in [0.25, 0.3) is 0 Å². The molecular formula is C16H16N2O4. The summed E-state index contributed by atoms with van der Waals surface area (Å²) >= 11 is 0. The third-order valence-corrected chi connectivity index (χ3v) is 3.28. The zero-order chi connectivity index (χ0) is 16.0. The average molecular weight is 300 g/mol. The van der Waals surface area contributed by atoms with Crippen LogP contribution in [0.3, 0.4) is 0 Å². The van der Waals surface area contributed by atoms with Gasteiger partial charge in [0.1, 0.15) is 0 Å². The molecule has 114 valence electrons. The molecule has 1 unspecified atom stereocenters. The zero-order valence-electron chi connectivity index (χ0n) is 11.8. The van der Waals surface area contributed by atoms with Crippen molar-refractivity contribution in [3.63, 3.8) is 0 Å². The molecule has 6 heteroatoms. The van der Waals surface area contributed by atoms with Crippen molar-refractivity contribution in [1.82, 2.24) is 5.32 Å². The predicted molar refractivity (Wildman–Crippen MR) is 80.5 cm³/mol. The molecule has 0 bridgehead atoms. The minimum Gasteiger partial charge on any atom is -0.370 e. The van der Waals surface area contributed by atoms with E-state index in [-0.39, 0.29) is 12.1 Å². The van der Waals surface area contributed by atoms with E-state index in [0.29, 0.717) is 0 Å². The van der Waals surface area contributed by atoms with Crippen molar-refractivity contribution in [2.75, 3.05) is 6.54 Å². The number of amides is 1. The van der Waals surface area contributed by atoms with E-state index in [9.17, 15) is 20.0 Å². The summed E-state index contributed by atoms with van der Waals surface area (Å²) in [6.07, 6.45) is 0. The van der Waals surface area contributed by atoms with Crippen LogP contribution in [0.5, 0.6) is 0 Å². The van der Waals surface area contributed by atoms with Crippen molar-refractivity contribution in [1.29, 1.82) is 0 Å². The number of nitrogens with one attached hydrogen (secondary N) is 1. The van der Waals surface area contributed by atoms with Gasteiger partial charge in [-0.15, -0.1) is 0 Å². The van der Waals surface area contributed by atoms with Crippen LogP contribution in [0.4, 0.5) is 0 Å². The second-order valence-electron chi connectivity index (χ2n) is 4.89. The normalized spacial score (nSPS) is 13.1. The topological polar surface area (TPSA) is 92.5 Å². The van der Waals surface area contributed by atoms with Crippen LogP contribution in [-0.4, -0.2) is 22.5 Å². The first-order valence-electron chi connectivity index (χ1n) is 6.74. The van der Waals surface area contributed by atoms with E-state index in [1.54, 1.807) is 18.2 Å². The Balaban J connectivity index is 2.18. The molecule has 0 aliphatic rings. The molecule has 2 aromatic carbocycles. The van der Waals surface area contributed by atoms with Crippen LogP contribution < -0.4 is 5.32 Å². The van der Waals surface area contributed by atoms with Gasteiger partial charge in [0, 0.05) is 11.5 Å². The molecule has 0 aliphatic carbocycles. The van der Waals surface area contributed by atoms with Gasteiger partial charge in [0.05, 0.1) is 0 Å². The highest BCUT2D eigenvalue weighted by Crippen LogP contribution is 2.22. The number of rotatable bonds is 6. The van der Waals surface area contributed by atoms with Crippen molar-refractivity contribution >= 4 is 5.91 Å². The Morgan fingerprint density at radius 1 is 1.09 bits per heavy atom. The minimum absolute atomic E-state index is 0.187. The molecule has 6 nitrogen and oxygen atoms in total. The summed E-state index contributed by atoms with van der Waals surface area (Å²) in [5, 5.41) is 23.9. The summed E-state index contributed by atoms with van der Waals surface area (Å²) in [6, 6.07) is 17.0. The number of carbonyl (C=O) groups excluding carboxylic acids is 1. The second-order valence-corrected chi connectivity index (χ2v) is 4.89. The van der Waals surface area contributed by atoms with Crippen LogP contribution in [-0.2, 0) is 16.9 Å². The van der Waals surface area contributed by atoms with Crippen molar-refractivity contribution in [3.05, 3.63) is 81.9 Å². The first kappa shape index (κ1) is 15.7. The molecule has 0 spiro atoms. The Labute approximate surface area is 127 Å². The molecule has 0 fully saturated rings. The van der Waals surface area contributed by atoms with Crippen LogP contribution in [0.15, 0.2) is 60.7 Å². The Kier molecular flexibility index (Phi) is 4.85. The van der Waals surface area contributed by atoms with Gasteiger partial charge in [-0.05, 0) is 11.1 Å². The highest BCUT2D eigenvalue weighted by atomic mass is 16.6. The number of benzene rings is 2. The van der Waals surface area contributed by atoms with Crippen LogP contribution in [0, 0.1) is 10.1 Å². The van der Waals surface area contributed by atoms with Gasteiger partial charge in [-0.25, -0.2) is 0 Å². The monoisotopic (exact) mass is 300 g/mol. The molecule has 0 aromatic heterocycles. The summed E-state index contributed by atoms with van der Waals surface area (Å²) in [7, 11) is 0. The number of aliphatic hydroxyl groups is 1. The molecule has 1 amide bonds. The lowest BCUT2D eigenvalue weighted by molar-refractivity contribution is -0.498. The maximum absolute atomic E-state index is 12.3. The van der Waals surface area contributed by atoms with Crippen molar-refractivity contribution < 1.29 is 14.8 Å². The minimum atomic E-state index is -2.19. The van der Waals surface area contributed by atoms with Gasteiger partial charge in [0.2, 0.25) is 12.1 Å². The van der Waals surface area contributed by atoms with Crippen molar-refractivity contribution in [3.8, 4) is 0 Å². The lowest BCUT2D eigenvalue weighted by Gasteiger charge is -2.23. The lowest BCUT2D eigenvalue weighted by Crippen LogP contribution is -2.48. The van der Waals surface area contributed by atoms with Gasteiger partial charge in [-0.1, -0.05) is 60.7 Å². The Morgan fingerprint density at radius 2 is 1.64 bits per heavy atom. The van der Waals surface area contributed by atoms with E-state index in [4.69, 9.17) is 0 Å². The van der Waals surface area contributed by atoms with E-state index < -0.39 is 23.0 Å². The Morgan fingerprint density at radius 3 is 2.18 bits per heavy atom. The third kappa shape index (κ3) is 3.67. The first-order chi connectivity index (χ1) is 10.5. The van der Waals surface area contributed by atoms with E-state index in [0.717, 1.165) is 5.56 Å². The zero-order valence-corrected chi connectivity index (χ0v) is 11.8. The molecule has 0 saturated heterocycles. The fraction of sp³-hybridized carbons (Fsp3) is 0.188. The fourth-order valence-electron chi connectivity index (χ4n) is 2.12. The van der Waals surface area contributed by atoms with Crippen LogP contribution in [0.2, 0.25) is 0 Å². The first-order valence-corrected chi connectivity index (χ1v) is 6.74. The largest absolute Gasteiger partial charge is 0.370 e. The second kappa shape index (κ2) is 6.82. The van der Waals surface area contributed by atoms with Gasteiger partial charge in [0.15, 0.2) is 0 Å². The molecular weight excluding hydrogens is 284 g/mol. The molecule has 2 rings (SSSR count). The number of carbonyl (C=O) groups is 1. The molecule has 0 heterocycles. The van der Waals surface area contributed by atoms with Crippen LogP contribution in [0.1, 0.15) is 11.1 Å². The SMILES string of the molecule is O=C(NCc1ccccc1)C(O)(C[N+](=O)[O-])c1ccccc1. The predicted octanol–water partition coefficient (Wildman–Crippen LogP) is 1.47. The standard InChI is InChI=1S/C16H16N2O4/c19-15(17-11-13-7-3-1-4-8-13)16(20,12-18(21)22)14-9-5-2-6-10-14/h1-10,20H,11-12H2,(H,17,19). The van der Waals surface area contributed by atoms with Gasteiger partial charge in [-0.2, -0.15) is 0 Å². The van der Waals surface area contributed by atoms with E-state index in [2.05, 4.69) is 5.32 Å². The van der Waals surface area contributed by atoms with E-state index in [1.165, 1.54) is 12.1 Å². The molecule has 2 aromatic rings. The van der Waals surface area contributed by atoms with Crippen LogP contribution >= 0.6 is 0 Å². The maximum Gasteiger partial charge on any atom is 0.263 e. The highest BCUT2D eigenvalue weighted by Gasteiger charge is 2.43. The smallest absolute Gasteiger partial charge is 0.263 e. The summed E-state index contributed by atoms with van der Waals surface area (Å²) in [6.45, 7) is -0.704. The molecule has 0 aliphatic heterocycles. The summed E-state index contributed by atoms with van der Waals surface area (Å²) < 4.78 is 0. The Hall–Kier alpha value is -2.73. The third-order valence-electron chi connectivity index (χ3n) is 3.28. The average Bonchev–Trinajstić information content (AvgIpc) is 2.53.